The summed E-state index contributed by atoms with van der Waals surface area (Å²) in [5.41, 5.74) is 0.739. The maximum absolute atomic E-state index is 12.3. The number of hydrogen-bond acceptors (Lipinski definition) is 6. The predicted molar refractivity (Wildman–Crippen MR) is 94.7 cm³/mol. The van der Waals surface area contributed by atoms with Gasteiger partial charge in [-0.15, -0.1) is 0 Å². The topological polar surface area (TPSA) is 100 Å². The van der Waals surface area contributed by atoms with Crippen LogP contribution in [-0.4, -0.2) is 67.8 Å². The van der Waals surface area contributed by atoms with Gasteiger partial charge in [0, 0.05) is 43.9 Å². The van der Waals surface area contributed by atoms with E-state index in [0.29, 0.717) is 42.7 Å². The lowest BCUT2D eigenvalue weighted by Gasteiger charge is -2.33. The SMILES string of the molecule is COc1cc(OC)c(CN2CCN[C@H](C(=O)NC3CC3)C2)c(C(=O)O)c1. The fourth-order valence-electron chi connectivity index (χ4n) is 3.16. The molecule has 0 radical (unpaired) electrons. The molecule has 3 rings (SSSR count). The molecule has 1 aliphatic heterocycles. The molecule has 142 valence electrons. The number of ether oxygens (including phenoxy) is 2. The molecule has 26 heavy (non-hydrogen) atoms. The molecule has 8 nitrogen and oxygen atoms in total. The number of nitrogens with zero attached hydrogens (tertiary/aromatic N) is 1. The van der Waals surface area contributed by atoms with Gasteiger partial charge in [-0.1, -0.05) is 0 Å². The summed E-state index contributed by atoms with van der Waals surface area (Å²) in [5.74, 6) is -0.114. The third-order valence-corrected chi connectivity index (χ3v) is 4.75. The molecule has 2 aliphatic rings. The fraction of sp³-hybridized carbons (Fsp3) is 0.556. The van der Waals surface area contributed by atoms with E-state index in [9.17, 15) is 14.7 Å². The van der Waals surface area contributed by atoms with Crippen molar-refractivity contribution in [3.8, 4) is 11.5 Å². The van der Waals surface area contributed by atoms with Crippen molar-refractivity contribution in [2.45, 2.75) is 31.5 Å². The molecule has 0 aromatic heterocycles. The zero-order chi connectivity index (χ0) is 18.7. The molecule has 2 fully saturated rings. The Kier molecular flexibility index (Phi) is 5.63. The van der Waals surface area contributed by atoms with Gasteiger partial charge in [0.15, 0.2) is 0 Å². The Labute approximate surface area is 152 Å². The molecule has 0 bridgehead atoms. The average molecular weight is 363 g/mol. The minimum atomic E-state index is -1.03. The van der Waals surface area contributed by atoms with Gasteiger partial charge in [0.05, 0.1) is 25.8 Å². The number of amides is 1. The predicted octanol–water partition coefficient (Wildman–Crippen LogP) is 0.454. The highest BCUT2D eigenvalue weighted by molar-refractivity contribution is 5.91. The number of carbonyl (C=O) groups excluding carboxylic acids is 1. The van der Waals surface area contributed by atoms with Crippen LogP contribution in [0.25, 0.3) is 0 Å². The van der Waals surface area contributed by atoms with E-state index >= 15 is 0 Å². The van der Waals surface area contributed by atoms with Crippen LogP contribution in [0.15, 0.2) is 12.1 Å². The lowest BCUT2D eigenvalue weighted by atomic mass is 10.0. The second kappa shape index (κ2) is 7.92. The van der Waals surface area contributed by atoms with E-state index in [4.69, 9.17) is 9.47 Å². The molecular formula is C18H25N3O5. The molecule has 3 N–H and O–H groups in total. The van der Waals surface area contributed by atoms with Crippen molar-refractivity contribution in [3.05, 3.63) is 23.3 Å². The molecule has 1 heterocycles. The number of rotatable bonds is 7. The molecule has 1 aromatic carbocycles. The first kappa shape index (κ1) is 18.5. The van der Waals surface area contributed by atoms with Gasteiger partial charge >= 0.3 is 5.97 Å². The third-order valence-electron chi connectivity index (χ3n) is 4.75. The van der Waals surface area contributed by atoms with Crippen LogP contribution >= 0.6 is 0 Å². The van der Waals surface area contributed by atoms with E-state index in [-0.39, 0.29) is 17.5 Å². The van der Waals surface area contributed by atoms with E-state index in [1.165, 1.54) is 20.3 Å². The summed E-state index contributed by atoms with van der Waals surface area (Å²) in [6.07, 6.45) is 2.10. The smallest absolute Gasteiger partial charge is 0.336 e. The Hall–Kier alpha value is -2.32. The summed E-state index contributed by atoms with van der Waals surface area (Å²) in [6, 6.07) is 3.21. The number of carboxylic acids is 1. The van der Waals surface area contributed by atoms with Gasteiger partial charge in [0.2, 0.25) is 5.91 Å². The monoisotopic (exact) mass is 363 g/mol. The summed E-state index contributed by atoms with van der Waals surface area (Å²) in [7, 11) is 2.99. The molecule has 1 saturated heterocycles. The first-order valence-corrected chi connectivity index (χ1v) is 8.76. The molecular weight excluding hydrogens is 338 g/mol. The Balaban J connectivity index is 1.76. The first-order chi connectivity index (χ1) is 12.5. The summed E-state index contributed by atoms with van der Waals surface area (Å²) >= 11 is 0. The Morgan fingerprint density at radius 3 is 2.69 bits per heavy atom. The summed E-state index contributed by atoms with van der Waals surface area (Å²) in [4.78, 5) is 26.1. The van der Waals surface area contributed by atoms with E-state index < -0.39 is 5.97 Å². The molecule has 0 unspecified atom stereocenters. The minimum absolute atomic E-state index is 0.0114. The van der Waals surface area contributed by atoms with Crippen LogP contribution in [0.3, 0.4) is 0 Å². The highest BCUT2D eigenvalue weighted by Gasteiger charge is 2.31. The standard InChI is InChI=1S/C18H25N3O5/c1-25-12-7-13(18(23)24)14(16(8-12)26-2)9-21-6-5-19-15(10-21)17(22)20-11-3-4-11/h7-8,11,15,19H,3-6,9-10H2,1-2H3,(H,20,22)(H,23,24)/t15-/m0/s1. The van der Waals surface area contributed by atoms with Crippen LogP contribution in [0.4, 0.5) is 0 Å². The van der Waals surface area contributed by atoms with Crippen molar-refractivity contribution in [1.29, 1.82) is 0 Å². The van der Waals surface area contributed by atoms with Gasteiger partial charge in [0.1, 0.15) is 11.5 Å². The van der Waals surface area contributed by atoms with Crippen LogP contribution in [0, 0.1) is 0 Å². The van der Waals surface area contributed by atoms with E-state index in [0.717, 1.165) is 19.4 Å². The van der Waals surface area contributed by atoms with Gasteiger partial charge in [-0.2, -0.15) is 0 Å². The summed E-state index contributed by atoms with van der Waals surface area (Å²) < 4.78 is 10.6. The zero-order valence-electron chi connectivity index (χ0n) is 15.1. The van der Waals surface area contributed by atoms with Crippen LogP contribution < -0.4 is 20.1 Å². The maximum Gasteiger partial charge on any atom is 0.336 e. The maximum atomic E-state index is 12.3. The average Bonchev–Trinajstić information content (AvgIpc) is 3.45. The number of aromatic carboxylic acids is 1. The lowest BCUT2D eigenvalue weighted by molar-refractivity contribution is -0.124. The molecule has 1 saturated carbocycles. The molecule has 0 spiro atoms. The third kappa shape index (κ3) is 4.25. The van der Waals surface area contributed by atoms with Gasteiger partial charge in [-0.05, 0) is 18.9 Å². The van der Waals surface area contributed by atoms with Gasteiger partial charge in [-0.25, -0.2) is 4.79 Å². The fourth-order valence-corrected chi connectivity index (χ4v) is 3.16. The van der Waals surface area contributed by atoms with Crippen LogP contribution in [0.2, 0.25) is 0 Å². The van der Waals surface area contributed by atoms with Crippen LogP contribution in [0.5, 0.6) is 11.5 Å². The number of carbonyl (C=O) groups is 2. The van der Waals surface area contributed by atoms with Crippen LogP contribution in [0.1, 0.15) is 28.8 Å². The van der Waals surface area contributed by atoms with Gasteiger partial charge < -0.3 is 25.2 Å². The number of hydrogen-bond donors (Lipinski definition) is 3. The molecule has 1 amide bonds. The second-order valence-electron chi connectivity index (χ2n) is 6.69. The molecule has 1 aliphatic carbocycles. The summed E-state index contributed by atoms with van der Waals surface area (Å²) in [5, 5.41) is 15.8. The van der Waals surface area contributed by atoms with Crippen molar-refractivity contribution < 1.29 is 24.2 Å². The number of benzene rings is 1. The minimum Gasteiger partial charge on any atom is -0.497 e. The lowest BCUT2D eigenvalue weighted by Crippen LogP contribution is -2.57. The van der Waals surface area contributed by atoms with Crippen molar-refractivity contribution in [3.63, 3.8) is 0 Å². The van der Waals surface area contributed by atoms with Gasteiger partial charge in [0.25, 0.3) is 0 Å². The molecule has 1 atom stereocenters. The van der Waals surface area contributed by atoms with E-state index in [2.05, 4.69) is 15.5 Å². The number of carboxylic acid groups (broad SMARTS) is 1. The largest absolute Gasteiger partial charge is 0.497 e. The Morgan fingerprint density at radius 2 is 2.08 bits per heavy atom. The Morgan fingerprint density at radius 1 is 1.31 bits per heavy atom. The number of piperazine rings is 1. The van der Waals surface area contributed by atoms with Crippen molar-refractivity contribution in [1.82, 2.24) is 15.5 Å². The number of methoxy groups -OCH3 is 2. The molecule has 1 aromatic rings. The summed E-state index contributed by atoms with van der Waals surface area (Å²) in [6.45, 7) is 2.31. The zero-order valence-corrected chi connectivity index (χ0v) is 15.1. The molecule has 8 heteroatoms. The van der Waals surface area contributed by atoms with Crippen LogP contribution in [-0.2, 0) is 11.3 Å². The van der Waals surface area contributed by atoms with Crippen molar-refractivity contribution in [2.24, 2.45) is 0 Å². The van der Waals surface area contributed by atoms with Crippen molar-refractivity contribution in [2.75, 3.05) is 33.9 Å². The van der Waals surface area contributed by atoms with Gasteiger partial charge in [-0.3, -0.25) is 9.69 Å². The highest BCUT2D eigenvalue weighted by Crippen LogP contribution is 2.30. The van der Waals surface area contributed by atoms with Crippen molar-refractivity contribution >= 4 is 11.9 Å². The Bertz CT molecular complexity index is 690. The first-order valence-electron chi connectivity index (χ1n) is 8.76. The quantitative estimate of drug-likeness (QED) is 0.647. The number of nitrogens with one attached hydrogen (secondary N) is 2. The highest BCUT2D eigenvalue weighted by atomic mass is 16.5. The van der Waals surface area contributed by atoms with E-state index in [1.807, 2.05) is 0 Å². The van der Waals surface area contributed by atoms with E-state index in [1.54, 1.807) is 6.07 Å². The second-order valence-corrected chi connectivity index (χ2v) is 6.69. The normalized spacial score (nSPS) is 20.5.